The predicted molar refractivity (Wildman–Crippen MR) is 110 cm³/mol. The van der Waals surface area contributed by atoms with Crippen molar-refractivity contribution in [3.8, 4) is 0 Å². The molecule has 0 atom stereocenters. The Morgan fingerprint density at radius 3 is 2.83 bits per heavy atom. The maximum atomic E-state index is 5.33. The molecule has 4 nitrogen and oxygen atoms in total. The molecule has 0 radical (unpaired) electrons. The molecular weight excluding hydrogens is 421 g/mol. The lowest BCUT2D eigenvalue weighted by atomic mass is 9.91. The number of hydrogen-bond acceptors (Lipinski definition) is 3. The minimum Gasteiger partial charge on any atom is -0.377 e. The van der Waals surface area contributed by atoms with Gasteiger partial charge in [0.05, 0.1) is 13.2 Å². The van der Waals surface area contributed by atoms with E-state index in [2.05, 4.69) is 53.1 Å². The van der Waals surface area contributed by atoms with Crippen LogP contribution in [0.1, 0.15) is 31.6 Å². The molecule has 0 aromatic carbocycles. The Labute approximate surface area is 160 Å². The van der Waals surface area contributed by atoms with E-state index in [1.807, 2.05) is 7.05 Å². The molecule has 6 heteroatoms. The van der Waals surface area contributed by atoms with Crippen molar-refractivity contribution in [2.45, 2.75) is 32.1 Å². The van der Waals surface area contributed by atoms with E-state index in [4.69, 9.17) is 4.74 Å². The lowest BCUT2D eigenvalue weighted by molar-refractivity contribution is 0.153. The highest BCUT2D eigenvalue weighted by atomic mass is 127. The number of guanidine groups is 1. The molecule has 0 bridgehead atoms. The SMILES string of the molecule is CN=C(NCCC1=CCOCC1)NCC(C)(C)c1cccs1.I. The number of thiophene rings is 1. The summed E-state index contributed by atoms with van der Waals surface area (Å²) in [6.07, 6.45) is 4.30. The fraction of sp³-hybridized carbons (Fsp3) is 0.588. The van der Waals surface area contributed by atoms with Gasteiger partial charge in [0.1, 0.15) is 0 Å². The Morgan fingerprint density at radius 1 is 1.39 bits per heavy atom. The van der Waals surface area contributed by atoms with Crippen LogP contribution in [0.15, 0.2) is 34.2 Å². The fourth-order valence-electron chi connectivity index (χ4n) is 2.41. The Kier molecular flexibility index (Phi) is 9.16. The Morgan fingerprint density at radius 2 is 2.22 bits per heavy atom. The summed E-state index contributed by atoms with van der Waals surface area (Å²) in [7, 11) is 1.82. The topological polar surface area (TPSA) is 45.7 Å². The zero-order valence-electron chi connectivity index (χ0n) is 14.2. The van der Waals surface area contributed by atoms with Crippen LogP contribution in [0.25, 0.3) is 0 Å². The number of rotatable bonds is 6. The predicted octanol–water partition coefficient (Wildman–Crippen LogP) is 3.55. The Bertz CT molecular complexity index is 512. The van der Waals surface area contributed by atoms with Crippen LogP contribution >= 0.6 is 35.3 Å². The smallest absolute Gasteiger partial charge is 0.191 e. The molecule has 1 aromatic rings. The van der Waals surface area contributed by atoms with Gasteiger partial charge >= 0.3 is 0 Å². The molecule has 1 aromatic heterocycles. The van der Waals surface area contributed by atoms with Crippen molar-refractivity contribution < 1.29 is 4.74 Å². The van der Waals surface area contributed by atoms with Crippen LogP contribution in [0.2, 0.25) is 0 Å². The first-order chi connectivity index (χ1) is 10.6. The standard InChI is InChI=1S/C17H27N3OS.HI/c1-17(2,15-5-4-12-22-15)13-20-16(18-3)19-9-6-14-7-10-21-11-8-14;/h4-5,7,12H,6,8-11,13H2,1-3H3,(H2,18,19,20);1H. The summed E-state index contributed by atoms with van der Waals surface area (Å²) in [6, 6.07) is 4.30. The monoisotopic (exact) mass is 449 g/mol. The molecule has 1 aliphatic heterocycles. The van der Waals surface area contributed by atoms with Crippen molar-refractivity contribution in [2.24, 2.45) is 4.99 Å². The van der Waals surface area contributed by atoms with Gasteiger partial charge in [-0.25, -0.2) is 0 Å². The molecule has 0 spiro atoms. The van der Waals surface area contributed by atoms with Crippen LogP contribution in [0.3, 0.4) is 0 Å². The molecule has 0 saturated heterocycles. The average molecular weight is 449 g/mol. The number of hydrogen-bond donors (Lipinski definition) is 2. The van der Waals surface area contributed by atoms with Crippen LogP contribution in [0.4, 0.5) is 0 Å². The molecule has 0 fully saturated rings. The van der Waals surface area contributed by atoms with E-state index in [1.54, 1.807) is 11.3 Å². The highest BCUT2D eigenvalue weighted by Crippen LogP contribution is 2.26. The third-order valence-electron chi connectivity index (χ3n) is 3.91. The summed E-state index contributed by atoms with van der Waals surface area (Å²) in [4.78, 5) is 5.70. The van der Waals surface area contributed by atoms with Gasteiger partial charge in [0, 0.05) is 30.4 Å². The molecule has 0 amide bonds. The molecule has 0 unspecified atom stereocenters. The van der Waals surface area contributed by atoms with E-state index in [0.29, 0.717) is 0 Å². The zero-order valence-corrected chi connectivity index (χ0v) is 17.4. The van der Waals surface area contributed by atoms with Crippen LogP contribution < -0.4 is 10.6 Å². The molecule has 2 heterocycles. The molecule has 130 valence electrons. The average Bonchev–Trinajstić information content (AvgIpc) is 3.07. The number of halogens is 1. The van der Waals surface area contributed by atoms with Gasteiger partial charge in [0.25, 0.3) is 0 Å². The highest BCUT2D eigenvalue weighted by molar-refractivity contribution is 14.0. The zero-order chi connectivity index (χ0) is 15.8. The second-order valence-electron chi connectivity index (χ2n) is 6.15. The summed E-state index contributed by atoms with van der Waals surface area (Å²) in [5.41, 5.74) is 1.59. The fourth-order valence-corrected chi connectivity index (χ4v) is 3.26. The normalized spacial score (nSPS) is 15.6. The van der Waals surface area contributed by atoms with Crippen LogP contribution in [0, 0.1) is 0 Å². The second-order valence-corrected chi connectivity index (χ2v) is 7.10. The summed E-state index contributed by atoms with van der Waals surface area (Å²) in [5.74, 6) is 0.872. The molecule has 2 rings (SSSR count). The molecule has 0 aliphatic carbocycles. The van der Waals surface area contributed by atoms with E-state index < -0.39 is 0 Å². The van der Waals surface area contributed by atoms with E-state index in [-0.39, 0.29) is 29.4 Å². The third kappa shape index (κ3) is 6.81. The minimum atomic E-state index is 0. The van der Waals surface area contributed by atoms with Crippen molar-refractivity contribution in [1.82, 2.24) is 10.6 Å². The van der Waals surface area contributed by atoms with Gasteiger partial charge in [-0.15, -0.1) is 35.3 Å². The van der Waals surface area contributed by atoms with E-state index >= 15 is 0 Å². The Balaban J connectivity index is 0.00000264. The van der Waals surface area contributed by atoms with E-state index in [9.17, 15) is 0 Å². The van der Waals surface area contributed by atoms with Gasteiger partial charge in [0.2, 0.25) is 0 Å². The second kappa shape index (κ2) is 10.3. The van der Waals surface area contributed by atoms with Gasteiger partial charge in [-0.3, -0.25) is 4.99 Å². The van der Waals surface area contributed by atoms with Gasteiger partial charge in [0.15, 0.2) is 5.96 Å². The van der Waals surface area contributed by atoms with Gasteiger partial charge in [-0.05, 0) is 24.3 Å². The van der Waals surface area contributed by atoms with Crippen molar-refractivity contribution in [2.75, 3.05) is 33.4 Å². The van der Waals surface area contributed by atoms with Crippen molar-refractivity contribution in [3.05, 3.63) is 34.0 Å². The number of nitrogens with zero attached hydrogens (tertiary/aromatic N) is 1. The van der Waals surface area contributed by atoms with Crippen LogP contribution in [-0.2, 0) is 10.2 Å². The molecule has 23 heavy (non-hydrogen) atoms. The summed E-state index contributed by atoms with van der Waals surface area (Å²) in [6.45, 7) is 7.90. The molecule has 2 N–H and O–H groups in total. The van der Waals surface area contributed by atoms with Gasteiger partial charge in [-0.1, -0.05) is 31.6 Å². The van der Waals surface area contributed by atoms with Crippen molar-refractivity contribution in [3.63, 3.8) is 0 Å². The van der Waals surface area contributed by atoms with Crippen LogP contribution in [0.5, 0.6) is 0 Å². The largest absolute Gasteiger partial charge is 0.377 e. The lowest BCUT2D eigenvalue weighted by Crippen LogP contribution is -2.43. The van der Waals surface area contributed by atoms with E-state index in [1.165, 1.54) is 10.5 Å². The van der Waals surface area contributed by atoms with E-state index in [0.717, 1.165) is 45.1 Å². The molecular formula is C17H28IN3OS. The highest BCUT2D eigenvalue weighted by Gasteiger charge is 2.21. The van der Waals surface area contributed by atoms with Crippen LogP contribution in [-0.4, -0.2) is 39.3 Å². The van der Waals surface area contributed by atoms with Crippen molar-refractivity contribution >= 4 is 41.3 Å². The first-order valence-corrected chi connectivity index (χ1v) is 8.74. The maximum absolute atomic E-state index is 5.33. The van der Waals surface area contributed by atoms with Gasteiger partial charge < -0.3 is 15.4 Å². The number of ether oxygens (including phenoxy) is 1. The lowest BCUT2D eigenvalue weighted by Gasteiger charge is -2.25. The van der Waals surface area contributed by atoms with Crippen molar-refractivity contribution in [1.29, 1.82) is 0 Å². The first-order valence-electron chi connectivity index (χ1n) is 7.86. The molecule has 0 saturated carbocycles. The number of nitrogens with one attached hydrogen (secondary N) is 2. The quantitative estimate of drug-likeness (QED) is 0.302. The Hall–Kier alpha value is -0.600. The maximum Gasteiger partial charge on any atom is 0.191 e. The van der Waals surface area contributed by atoms with Gasteiger partial charge in [-0.2, -0.15) is 0 Å². The molecule has 1 aliphatic rings. The minimum absolute atomic E-state index is 0. The first kappa shape index (κ1) is 20.4. The summed E-state index contributed by atoms with van der Waals surface area (Å²) >= 11 is 1.81. The third-order valence-corrected chi connectivity index (χ3v) is 5.14. The summed E-state index contributed by atoms with van der Waals surface area (Å²) in [5, 5.41) is 8.96. The number of aliphatic imine (C=N–C) groups is 1. The summed E-state index contributed by atoms with van der Waals surface area (Å²) < 4.78 is 5.33.